The van der Waals surface area contributed by atoms with E-state index in [0.29, 0.717) is 25.7 Å². The SMILES string of the molecule is CC\C=C/C=C\C=C/C=C\C=C/CCCC(=O)OCC(COC(=O)CCC/C=C\CCCCCC)OC(=O)CCCCCCCCCCCCCC. The zero-order valence-electron chi connectivity index (χ0n) is 33.5. The number of carbonyl (C=O) groups excluding carboxylic acids is 3. The van der Waals surface area contributed by atoms with Crippen LogP contribution in [0.25, 0.3) is 0 Å². The topological polar surface area (TPSA) is 78.9 Å². The highest BCUT2D eigenvalue weighted by Crippen LogP contribution is 2.13. The average molecular weight is 725 g/mol. The second-order valence-corrected chi connectivity index (χ2v) is 13.6. The lowest BCUT2D eigenvalue weighted by molar-refractivity contribution is -0.167. The number of hydrogen-bond donors (Lipinski definition) is 0. The van der Waals surface area contributed by atoms with Gasteiger partial charge < -0.3 is 14.2 Å². The Morgan fingerprint density at radius 3 is 1.29 bits per heavy atom. The highest BCUT2D eigenvalue weighted by atomic mass is 16.6. The van der Waals surface area contributed by atoms with E-state index in [1.807, 2.05) is 54.7 Å². The van der Waals surface area contributed by atoms with Crippen molar-refractivity contribution in [2.75, 3.05) is 13.2 Å². The first-order chi connectivity index (χ1) is 25.5. The van der Waals surface area contributed by atoms with Crippen molar-refractivity contribution in [1.29, 1.82) is 0 Å². The van der Waals surface area contributed by atoms with Crippen molar-refractivity contribution in [1.82, 2.24) is 0 Å². The molecule has 0 aromatic rings. The van der Waals surface area contributed by atoms with Gasteiger partial charge in [-0.3, -0.25) is 14.4 Å². The molecule has 0 aliphatic heterocycles. The Morgan fingerprint density at radius 2 is 0.788 bits per heavy atom. The molecule has 0 rings (SSSR count). The fourth-order valence-electron chi connectivity index (χ4n) is 5.41. The molecule has 0 amide bonds. The van der Waals surface area contributed by atoms with Crippen LogP contribution in [-0.4, -0.2) is 37.2 Å². The Kier molecular flexibility index (Phi) is 38.2. The van der Waals surface area contributed by atoms with E-state index in [4.69, 9.17) is 14.2 Å². The maximum Gasteiger partial charge on any atom is 0.306 e. The lowest BCUT2D eigenvalue weighted by Gasteiger charge is -2.18. The molecule has 0 N–H and O–H groups in total. The molecule has 0 aromatic heterocycles. The second-order valence-electron chi connectivity index (χ2n) is 13.6. The summed E-state index contributed by atoms with van der Waals surface area (Å²) in [6.45, 7) is 6.33. The number of allylic oxidation sites excluding steroid dienone is 12. The van der Waals surface area contributed by atoms with Crippen molar-refractivity contribution in [3.63, 3.8) is 0 Å². The molecule has 0 bridgehead atoms. The van der Waals surface area contributed by atoms with Crippen molar-refractivity contribution < 1.29 is 28.6 Å². The number of hydrogen-bond acceptors (Lipinski definition) is 6. The van der Waals surface area contributed by atoms with E-state index >= 15 is 0 Å². The van der Waals surface area contributed by atoms with Gasteiger partial charge in [-0.1, -0.05) is 184 Å². The maximum absolute atomic E-state index is 12.7. The fourth-order valence-corrected chi connectivity index (χ4v) is 5.41. The molecule has 0 saturated heterocycles. The summed E-state index contributed by atoms with van der Waals surface area (Å²) < 4.78 is 16.5. The van der Waals surface area contributed by atoms with Gasteiger partial charge in [0.05, 0.1) is 0 Å². The largest absolute Gasteiger partial charge is 0.462 e. The summed E-state index contributed by atoms with van der Waals surface area (Å²) in [5.41, 5.74) is 0. The van der Waals surface area contributed by atoms with Gasteiger partial charge in [-0.15, -0.1) is 0 Å². The Labute approximate surface area is 319 Å². The quantitative estimate of drug-likeness (QED) is 0.0210. The van der Waals surface area contributed by atoms with Gasteiger partial charge in [-0.05, 0) is 51.4 Å². The van der Waals surface area contributed by atoms with Crippen LogP contribution in [0.3, 0.4) is 0 Å². The Hall–Kier alpha value is -3.15. The van der Waals surface area contributed by atoms with E-state index in [1.54, 1.807) is 0 Å². The van der Waals surface area contributed by atoms with Gasteiger partial charge in [0.15, 0.2) is 6.10 Å². The summed E-state index contributed by atoms with van der Waals surface area (Å²) in [6, 6.07) is 0. The third-order valence-electron chi connectivity index (χ3n) is 8.57. The molecule has 0 radical (unpaired) electrons. The van der Waals surface area contributed by atoms with Crippen molar-refractivity contribution in [3.8, 4) is 0 Å². The highest BCUT2D eigenvalue weighted by Gasteiger charge is 2.19. The minimum Gasteiger partial charge on any atom is -0.462 e. The van der Waals surface area contributed by atoms with Crippen LogP contribution < -0.4 is 0 Å². The number of unbranched alkanes of at least 4 members (excludes halogenated alkanes) is 17. The molecular weight excluding hydrogens is 648 g/mol. The van der Waals surface area contributed by atoms with Crippen molar-refractivity contribution in [2.45, 2.75) is 187 Å². The standard InChI is InChI=1S/C46H76O6/c1-4-7-10-13-16-19-21-23-25-27-30-33-36-39-45(48)51-42-43(41-50-44(47)38-35-32-29-26-18-15-12-9-6-3)52-46(49)40-37-34-31-28-24-22-20-17-14-11-8-5-2/h7,10,13,16,19,21,23,25-27,29-30,43H,4-6,8-9,11-12,14-15,17-18,20,22,24,28,31-42H2,1-3H3/b10-7-,16-13-,21-19-,25-23-,29-26-,30-27-. The van der Waals surface area contributed by atoms with Crippen LogP contribution in [0.1, 0.15) is 181 Å². The lowest BCUT2D eigenvalue weighted by Crippen LogP contribution is -2.30. The molecule has 296 valence electrons. The maximum atomic E-state index is 12.7. The summed E-state index contributed by atoms with van der Waals surface area (Å²) >= 11 is 0. The van der Waals surface area contributed by atoms with E-state index in [2.05, 4.69) is 39.0 Å². The van der Waals surface area contributed by atoms with E-state index in [0.717, 1.165) is 44.9 Å². The van der Waals surface area contributed by atoms with E-state index in [9.17, 15) is 14.4 Å². The molecule has 0 aromatic carbocycles. The van der Waals surface area contributed by atoms with Crippen LogP contribution in [0.2, 0.25) is 0 Å². The minimum atomic E-state index is -0.809. The average Bonchev–Trinajstić information content (AvgIpc) is 3.14. The first kappa shape index (κ1) is 48.9. The smallest absolute Gasteiger partial charge is 0.306 e. The van der Waals surface area contributed by atoms with Crippen molar-refractivity contribution >= 4 is 17.9 Å². The normalized spacial score (nSPS) is 12.8. The summed E-state index contributed by atoms with van der Waals surface area (Å²) in [5.74, 6) is -1.03. The number of rotatable bonds is 36. The fraction of sp³-hybridized carbons (Fsp3) is 0.674. The van der Waals surface area contributed by atoms with Gasteiger partial charge in [-0.2, -0.15) is 0 Å². The van der Waals surface area contributed by atoms with E-state index in [-0.39, 0.29) is 37.5 Å². The summed E-state index contributed by atoms with van der Waals surface area (Å²) in [5, 5.41) is 0. The zero-order valence-corrected chi connectivity index (χ0v) is 33.5. The first-order valence-corrected chi connectivity index (χ1v) is 21.0. The molecule has 52 heavy (non-hydrogen) atoms. The Balaban J connectivity index is 4.53. The van der Waals surface area contributed by atoms with Crippen molar-refractivity contribution in [3.05, 3.63) is 72.9 Å². The summed E-state index contributed by atoms with van der Waals surface area (Å²) in [4.78, 5) is 37.5. The van der Waals surface area contributed by atoms with Gasteiger partial charge in [0.25, 0.3) is 0 Å². The van der Waals surface area contributed by atoms with Gasteiger partial charge in [0.1, 0.15) is 13.2 Å². The van der Waals surface area contributed by atoms with Crippen LogP contribution in [0, 0.1) is 0 Å². The molecule has 6 nitrogen and oxygen atoms in total. The van der Waals surface area contributed by atoms with Crippen LogP contribution in [-0.2, 0) is 28.6 Å². The second kappa shape index (κ2) is 40.6. The lowest BCUT2D eigenvalue weighted by atomic mass is 10.0. The first-order valence-electron chi connectivity index (χ1n) is 21.0. The van der Waals surface area contributed by atoms with Gasteiger partial charge in [-0.25, -0.2) is 0 Å². The molecule has 6 heteroatoms. The molecule has 0 spiro atoms. The van der Waals surface area contributed by atoms with Crippen molar-refractivity contribution in [2.24, 2.45) is 0 Å². The third kappa shape index (κ3) is 38.1. The monoisotopic (exact) mass is 725 g/mol. The molecule has 0 fully saturated rings. The summed E-state index contributed by atoms with van der Waals surface area (Å²) in [6.07, 6.45) is 49.0. The van der Waals surface area contributed by atoms with Crippen LogP contribution in [0.4, 0.5) is 0 Å². The minimum absolute atomic E-state index is 0.113. The van der Waals surface area contributed by atoms with E-state index in [1.165, 1.54) is 83.5 Å². The van der Waals surface area contributed by atoms with Gasteiger partial charge in [0.2, 0.25) is 0 Å². The Bertz CT molecular complexity index is 1020. The highest BCUT2D eigenvalue weighted by molar-refractivity contribution is 5.71. The van der Waals surface area contributed by atoms with Crippen LogP contribution in [0.5, 0.6) is 0 Å². The predicted octanol–water partition coefficient (Wildman–Crippen LogP) is 13.1. The summed E-state index contributed by atoms with van der Waals surface area (Å²) in [7, 11) is 0. The van der Waals surface area contributed by atoms with Crippen LogP contribution in [0.15, 0.2) is 72.9 Å². The van der Waals surface area contributed by atoms with E-state index < -0.39 is 6.10 Å². The number of esters is 3. The molecule has 1 atom stereocenters. The predicted molar refractivity (Wildman–Crippen MR) is 219 cm³/mol. The molecule has 0 saturated carbocycles. The molecule has 1 unspecified atom stereocenters. The molecular formula is C46H76O6. The van der Waals surface area contributed by atoms with Gasteiger partial charge >= 0.3 is 17.9 Å². The molecule has 0 aliphatic rings. The Morgan fingerprint density at radius 1 is 0.404 bits per heavy atom. The third-order valence-corrected chi connectivity index (χ3v) is 8.57. The number of carbonyl (C=O) groups is 3. The zero-order chi connectivity index (χ0) is 38.0. The van der Waals surface area contributed by atoms with Gasteiger partial charge in [0, 0.05) is 19.3 Å². The number of ether oxygens (including phenoxy) is 3. The molecule has 0 heterocycles. The van der Waals surface area contributed by atoms with Crippen LogP contribution >= 0.6 is 0 Å². The molecule has 0 aliphatic carbocycles.